The summed E-state index contributed by atoms with van der Waals surface area (Å²) in [4.78, 5) is 14.8. The number of hydrogen-bond donors (Lipinski definition) is 0. The van der Waals surface area contributed by atoms with Crippen molar-refractivity contribution in [2.45, 2.75) is 0 Å². The zero-order chi connectivity index (χ0) is 37.5. The SMILES string of the molecule is c1ccc(-c2nc(-c3ccccc3)nc(-c3ccc4oc5cc(-c6cccc7oc8ccc(-n9c%10ccccc%10c%10ccccc%109)cc8c67)ccc5c4c3)n2)cc1. The van der Waals surface area contributed by atoms with Gasteiger partial charge in [0.2, 0.25) is 0 Å². The first-order valence-electron chi connectivity index (χ1n) is 19.0. The van der Waals surface area contributed by atoms with Gasteiger partial charge in [-0.2, -0.15) is 0 Å². The van der Waals surface area contributed by atoms with Gasteiger partial charge in [-0.25, -0.2) is 15.0 Å². The Hall–Kier alpha value is -7.83. The highest BCUT2D eigenvalue weighted by molar-refractivity contribution is 6.15. The minimum atomic E-state index is 0.606. The molecule has 8 aromatic carbocycles. The maximum Gasteiger partial charge on any atom is 0.164 e. The van der Waals surface area contributed by atoms with Crippen LogP contribution in [0, 0.1) is 0 Å². The smallest absolute Gasteiger partial charge is 0.164 e. The normalized spacial score (nSPS) is 11.9. The van der Waals surface area contributed by atoms with Gasteiger partial charge in [-0.3, -0.25) is 0 Å². The topological polar surface area (TPSA) is 69.9 Å². The minimum absolute atomic E-state index is 0.606. The Morgan fingerprint density at radius 3 is 1.61 bits per heavy atom. The van der Waals surface area contributed by atoms with Crippen molar-refractivity contribution in [1.29, 1.82) is 0 Å². The average molecular weight is 731 g/mol. The summed E-state index contributed by atoms with van der Waals surface area (Å²) in [7, 11) is 0. The van der Waals surface area contributed by atoms with E-state index in [9.17, 15) is 0 Å². The third kappa shape index (κ3) is 5.01. The molecule has 0 amide bonds. The summed E-state index contributed by atoms with van der Waals surface area (Å²) < 4.78 is 15.4. The summed E-state index contributed by atoms with van der Waals surface area (Å²) in [6, 6.07) is 62.7. The Labute approximate surface area is 325 Å². The van der Waals surface area contributed by atoms with Crippen LogP contribution in [-0.2, 0) is 0 Å². The van der Waals surface area contributed by atoms with E-state index in [1.807, 2.05) is 78.9 Å². The number of benzene rings is 8. The van der Waals surface area contributed by atoms with Gasteiger partial charge >= 0.3 is 0 Å². The predicted molar refractivity (Wildman–Crippen MR) is 230 cm³/mol. The van der Waals surface area contributed by atoms with Crippen molar-refractivity contribution in [3.63, 3.8) is 0 Å². The van der Waals surface area contributed by atoms with Crippen LogP contribution in [0.1, 0.15) is 0 Å². The number of furan rings is 2. The molecule has 4 aromatic heterocycles. The lowest BCUT2D eigenvalue weighted by molar-refractivity contribution is 0.668. The second kappa shape index (κ2) is 12.3. The summed E-state index contributed by atoms with van der Waals surface area (Å²) in [5.41, 5.74) is 11.6. The Kier molecular flexibility index (Phi) is 6.83. The van der Waals surface area contributed by atoms with Crippen molar-refractivity contribution in [3.8, 4) is 51.0 Å². The molecular weight excluding hydrogens is 701 g/mol. The first kappa shape index (κ1) is 31.5. The molecule has 0 saturated heterocycles. The molecular formula is C51H30N4O2. The highest BCUT2D eigenvalue weighted by atomic mass is 16.3. The molecule has 0 atom stereocenters. The molecule has 57 heavy (non-hydrogen) atoms. The average Bonchev–Trinajstić information content (AvgIpc) is 3.95. The lowest BCUT2D eigenvalue weighted by Crippen LogP contribution is -2.00. The first-order valence-corrected chi connectivity index (χ1v) is 19.0. The zero-order valence-electron chi connectivity index (χ0n) is 30.4. The lowest BCUT2D eigenvalue weighted by Gasteiger charge is -2.09. The van der Waals surface area contributed by atoms with E-state index in [2.05, 4.69) is 108 Å². The Balaban J connectivity index is 0.985. The summed E-state index contributed by atoms with van der Waals surface area (Å²) >= 11 is 0. The third-order valence-electron chi connectivity index (χ3n) is 11.1. The van der Waals surface area contributed by atoms with Crippen molar-refractivity contribution in [3.05, 3.63) is 182 Å². The fraction of sp³-hybridized carbons (Fsp3) is 0. The molecule has 0 bridgehead atoms. The van der Waals surface area contributed by atoms with Crippen LogP contribution in [0.5, 0.6) is 0 Å². The molecule has 0 aliphatic carbocycles. The van der Waals surface area contributed by atoms with Crippen molar-refractivity contribution in [1.82, 2.24) is 19.5 Å². The third-order valence-corrected chi connectivity index (χ3v) is 11.1. The van der Waals surface area contributed by atoms with Gasteiger partial charge < -0.3 is 13.4 Å². The molecule has 0 saturated carbocycles. The highest BCUT2D eigenvalue weighted by Crippen LogP contribution is 2.41. The van der Waals surface area contributed by atoms with Crippen molar-refractivity contribution < 1.29 is 8.83 Å². The first-order chi connectivity index (χ1) is 28.2. The fourth-order valence-electron chi connectivity index (χ4n) is 8.42. The molecule has 0 aliphatic rings. The van der Waals surface area contributed by atoms with E-state index < -0.39 is 0 Å². The molecule has 266 valence electrons. The van der Waals surface area contributed by atoms with Gasteiger partial charge in [0.25, 0.3) is 0 Å². The number of fused-ring (bicyclic) bond motifs is 9. The van der Waals surface area contributed by atoms with E-state index >= 15 is 0 Å². The maximum atomic E-state index is 6.54. The van der Waals surface area contributed by atoms with Gasteiger partial charge in [0.1, 0.15) is 22.3 Å². The van der Waals surface area contributed by atoms with Gasteiger partial charge in [-0.1, -0.05) is 115 Å². The van der Waals surface area contributed by atoms with Crippen LogP contribution in [0.2, 0.25) is 0 Å². The second-order valence-corrected chi connectivity index (χ2v) is 14.4. The number of rotatable bonds is 5. The summed E-state index contributed by atoms with van der Waals surface area (Å²) in [6.07, 6.45) is 0. The molecule has 12 aromatic rings. The molecule has 0 N–H and O–H groups in total. The van der Waals surface area contributed by atoms with Crippen molar-refractivity contribution in [2.24, 2.45) is 0 Å². The summed E-state index contributed by atoms with van der Waals surface area (Å²) in [6.45, 7) is 0. The van der Waals surface area contributed by atoms with Crippen molar-refractivity contribution in [2.75, 3.05) is 0 Å². The number of aromatic nitrogens is 4. The fourth-order valence-corrected chi connectivity index (χ4v) is 8.42. The van der Waals surface area contributed by atoms with Gasteiger partial charge in [0.05, 0.1) is 11.0 Å². The van der Waals surface area contributed by atoms with Crippen LogP contribution in [0.15, 0.2) is 191 Å². The molecule has 0 aliphatic heterocycles. The van der Waals surface area contributed by atoms with Gasteiger partial charge in [0.15, 0.2) is 17.5 Å². The van der Waals surface area contributed by atoms with E-state index in [-0.39, 0.29) is 0 Å². The van der Waals surface area contributed by atoms with Crippen LogP contribution < -0.4 is 0 Å². The summed E-state index contributed by atoms with van der Waals surface area (Å²) in [5, 5.41) is 6.63. The Morgan fingerprint density at radius 2 is 0.912 bits per heavy atom. The number of para-hydroxylation sites is 2. The molecule has 6 nitrogen and oxygen atoms in total. The molecule has 4 heterocycles. The molecule has 0 spiro atoms. The van der Waals surface area contributed by atoms with Crippen LogP contribution >= 0.6 is 0 Å². The monoisotopic (exact) mass is 730 g/mol. The van der Waals surface area contributed by atoms with Gasteiger partial charge in [-0.15, -0.1) is 0 Å². The summed E-state index contributed by atoms with van der Waals surface area (Å²) in [5.74, 6) is 1.86. The number of nitrogens with zero attached hydrogens (tertiary/aromatic N) is 4. The quantitative estimate of drug-likeness (QED) is 0.176. The molecule has 6 heteroatoms. The highest BCUT2D eigenvalue weighted by Gasteiger charge is 2.19. The molecule has 0 fully saturated rings. The van der Waals surface area contributed by atoms with E-state index in [1.165, 1.54) is 21.8 Å². The molecule has 0 radical (unpaired) electrons. The van der Waals surface area contributed by atoms with Crippen LogP contribution in [0.3, 0.4) is 0 Å². The molecule has 12 rings (SSSR count). The second-order valence-electron chi connectivity index (χ2n) is 14.4. The van der Waals surface area contributed by atoms with Gasteiger partial charge in [0, 0.05) is 54.7 Å². The zero-order valence-corrected chi connectivity index (χ0v) is 30.4. The molecule has 0 unspecified atom stereocenters. The number of hydrogen-bond acceptors (Lipinski definition) is 5. The Bertz CT molecular complexity index is 3410. The van der Waals surface area contributed by atoms with Crippen LogP contribution in [0.4, 0.5) is 0 Å². The van der Waals surface area contributed by atoms with Gasteiger partial charge in [-0.05, 0) is 77.9 Å². The van der Waals surface area contributed by atoms with E-state index in [4.69, 9.17) is 23.8 Å². The van der Waals surface area contributed by atoms with Crippen LogP contribution in [0.25, 0.3) is 117 Å². The minimum Gasteiger partial charge on any atom is -0.456 e. The van der Waals surface area contributed by atoms with E-state index in [0.717, 1.165) is 77.4 Å². The lowest BCUT2D eigenvalue weighted by atomic mass is 9.98. The standard InChI is InChI=1S/C51H30N4O2/c1-3-12-31(13-4-1)49-52-50(32-14-5-2-6-15-32)54-51(53-49)34-23-26-44-40(28-34)39-25-22-33(29-47(39)57-44)36-18-11-21-46-48(36)41-30-35(24-27-45(41)56-46)55-42-19-9-7-16-37(42)38-17-8-10-20-43(38)55/h1-30H. The van der Waals surface area contributed by atoms with Crippen molar-refractivity contribution >= 4 is 65.7 Å². The van der Waals surface area contributed by atoms with E-state index in [0.29, 0.717) is 17.5 Å². The Morgan fingerprint density at radius 1 is 0.333 bits per heavy atom. The predicted octanol–water partition coefficient (Wildman–Crippen LogP) is 13.4. The van der Waals surface area contributed by atoms with E-state index in [1.54, 1.807) is 0 Å². The maximum absolute atomic E-state index is 6.54. The largest absolute Gasteiger partial charge is 0.456 e. The van der Waals surface area contributed by atoms with Crippen LogP contribution in [-0.4, -0.2) is 19.5 Å².